The first-order chi connectivity index (χ1) is 13.0. The minimum absolute atomic E-state index is 0.167. The molecule has 0 aliphatic heterocycles. The predicted octanol–water partition coefficient (Wildman–Crippen LogP) is 5.73. The monoisotopic (exact) mass is 400 g/mol. The smallest absolute Gasteiger partial charge is 0.257 e. The average molecular weight is 401 g/mol. The van der Waals surface area contributed by atoms with Crippen LogP contribution in [-0.2, 0) is 6.54 Å². The third-order valence-electron chi connectivity index (χ3n) is 4.27. The molecule has 0 saturated carbocycles. The lowest BCUT2D eigenvalue weighted by Gasteiger charge is -2.13. The number of aryl methyl sites for hydroxylation is 1. The molecular formula is C21H18Cl2N2O2. The highest BCUT2D eigenvalue weighted by Gasteiger charge is 2.16. The van der Waals surface area contributed by atoms with Crippen LogP contribution in [0.2, 0.25) is 10.0 Å². The van der Waals surface area contributed by atoms with E-state index in [1.54, 1.807) is 36.5 Å². The molecule has 3 aromatic rings. The van der Waals surface area contributed by atoms with Crippen LogP contribution in [0.4, 0.5) is 0 Å². The van der Waals surface area contributed by atoms with E-state index in [9.17, 15) is 4.79 Å². The Balaban J connectivity index is 1.79. The fraction of sp³-hybridized carbons (Fsp3) is 0.143. The van der Waals surface area contributed by atoms with Crippen LogP contribution < -0.4 is 10.1 Å². The third-order valence-corrected chi connectivity index (χ3v) is 4.82. The number of amides is 1. The Morgan fingerprint density at radius 2 is 1.93 bits per heavy atom. The molecule has 138 valence electrons. The van der Waals surface area contributed by atoms with Gasteiger partial charge in [0.15, 0.2) is 0 Å². The first kappa shape index (κ1) is 19.2. The van der Waals surface area contributed by atoms with Gasteiger partial charge in [0.25, 0.3) is 5.91 Å². The van der Waals surface area contributed by atoms with Crippen LogP contribution in [0, 0.1) is 13.8 Å². The SMILES string of the molecule is Cc1cccc(CNC(=O)c2cccnc2Oc2cc(Cl)ccc2Cl)c1C. The molecule has 0 saturated heterocycles. The predicted molar refractivity (Wildman–Crippen MR) is 108 cm³/mol. The second kappa shape index (κ2) is 8.42. The van der Waals surface area contributed by atoms with Gasteiger partial charge in [-0.15, -0.1) is 0 Å². The van der Waals surface area contributed by atoms with Gasteiger partial charge in [-0.2, -0.15) is 0 Å². The van der Waals surface area contributed by atoms with Gasteiger partial charge in [0, 0.05) is 23.8 Å². The first-order valence-electron chi connectivity index (χ1n) is 8.37. The third kappa shape index (κ3) is 4.59. The Hall–Kier alpha value is -2.56. The van der Waals surface area contributed by atoms with Crippen molar-refractivity contribution in [3.8, 4) is 11.6 Å². The van der Waals surface area contributed by atoms with Crippen LogP contribution in [0.1, 0.15) is 27.0 Å². The second-order valence-electron chi connectivity index (χ2n) is 6.07. The van der Waals surface area contributed by atoms with E-state index in [0.717, 1.165) is 11.1 Å². The molecule has 0 atom stereocenters. The lowest BCUT2D eigenvalue weighted by molar-refractivity contribution is 0.0948. The van der Waals surface area contributed by atoms with Crippen molar-refractivity contribution in [1.29, 1.82) is 0 Å². The van der Waals surface area contributed by atoms with Gasteiger partial charge < -0.3 is 10.1 Å². The average Bonchev–Trinajstić information content (AvgIpc) is 2.66. The molecule has 1 heterocycles. The van der Waals surface area contributed by atoms with E-state index in [1.807, 2.05) is 32.0 Å². The summed E-state index contributed by atoms with van der Waals surface area (Å²) in [5.41, 5.74) is 3.72. The van der Waals surface area contributed by atoms with E-state index in [-0.39, 0.29) is 11.8 Å². The van der Waals surface area contributed by atoms with Crippen LogP contribution in [-0.4, -0.2) is 10.9 Å². The zero-order valence-corrected chi connectivity index (χ0v) is 16.4. The van der Waals surface area contributed by atoms with Gasteiger partial charge in [-0.05, 0) is 54.8 Å². The molecule has 2 aromatic carbocycles. The zero-order valence-electron chi connectivity index (χ0n) is 14.9. The van der Waals surface area contributed by atoms with Gasteiger partial charge in [-0.25, -0.2) is 4.98 Å². The summed E-state index contributed by atoms with van der Waals surface area (Å²) in [7, 11) is 0. The molecule has 0 unspecified atom stereocenters. The van der Waals surface area contributed by atoms with Crippen molar-refractivity contribution in [1.82, 2.24) is 10.3 Å². The number of ether oxygens (including phenoxy) is 1. The van der Waals surface area contributed by atoms with Crippen LogP contribution in [0.5, 0.6) is 11.6 Å². The largest absolute Gasteiger partial charge is 0.437 e. The minimum atomic E-state index is -0.280. The normalized spacial score (nSPS) is 10.5. The zero-order chi connectivity index (χ0) is 19.4. The number of pyridine rings is 1. The topological polar surface area (TPSA) is 51.2 Å². The summed E-state index contributed by atoms with van der Waals surface area (Å²) in [4.78, 5) is 16.9. The van der Waals surface area contributed by atoms with E-state index >= 15 is 0 Å². The Bertz CT molecular complexity index is 990. The van der Waals surface area contributed by atoms with Crippen molar-refractivity contribution in [2.75, 3.05) is 0 Å². The summed E-state index contributed by atoms with van der Waals surface area (Å²) in [6.45, 7) is 4.50. The van der Waals surface area contributed by atoms with E-state index < -0.39 is 0 Å². The molecule has 0 bridgehead atoms. The van der Waals surface area contributed by atoms with E-state index in [0.29, 0.717) is 27.9 Å². The molecular weight excluding hydrogens is 383 g/mol. The Labute approximate surface area is 168 Å². The first-order valence-corrected chi connectivity index (χ1v) is 9.12. The number of nitrogens with one attached hydrogen (secondary N) is 1. The van der Waals surface area contributed by atoms with Crippen molar-refractivity contribution < 1.29 is 9.53 Å². The van der Waals surface area contributed by atoms with Crippen LogP contribution in [0.15, 0.2) is 54.7 Å². The summed E-state index contributed by atoms with van der Waals surface area (Å²) in [5.74, 6) is 0.226. The maximum atomic E-state index is 12.7. The number of benzene rings is 2. The molecule has 1 N–H and O–H groups in total. The summed E-state index contributed by atoms with van der Waals surface area (Å²) in [5, 5.41) is 3.78. The van der Waals surface area contributed by atoms with Gasteiger partial charge in [0.1, 0.15) is 11.3 Å². The van der Waals surface area contributed by atoms with Gasteiger partial charge >= 0.3 is 0 Å². The molecule has 0 fully saturated rings. The van der Waals surface area contributed by atoms with Crippen LogP contribution in [0.25, 0.3) is 0 Å². The highest BCUT2D eigenvalue weighted by atomic mass is 35.5. The van der Waals surface area contributed by atoms with Gasteiger partial charge in [-0.1, -0.05) is 41.4 Å². The van der Waals surface area contributed by atoms with Gasteiger partial charge in [0.2, 0.25) is 5.88 Å². The Kier molecular flexibility index (Phi) is 5.99. The number of aromatic nitrogens is 1. The lowest BCUT2D eigenvalue weighted by atomic mass is 10.0. The molecule has 3 rings (SSSR count). The van der Waals surface area contributed by atoms with Crippen molar-refractivity contribution >= 4 is 29.1 Å². The maximum Gasteiger partial charge on any atom is 0.257 e. The fourth-order valence-corrected chi connectivity index (χ4v) is 2.90. The molecule has 27 heavy (non-hydrogen) atoms. The molecule has 0 aliphatic carbocycles. The standard InChI is InChI=1S/C21H18Cl2N2O2/c1-13-5-3-6-15(14(13)2)12-25-20(26)17-7-4-10-24-21(17)27-19-11-16(22)8-9-18(19)23/h3-11H,12H2,1-2H3,(H,25,26). The molecule has 1 amide bonds. The number of halogens is 2. The maximum absolute atomic E-state index is 12.7. The van der Waals surface area contributed by atoms with Crippen LogP contribution >= 0.6 is 23.2 Å². The fourth-order valence-electron chi connectivity index (χ4n) is 2.58. The number of carbonyl (C=O) groups excluding carboxylic acids is 1. The highest BCUT2D eigenvalue weighted by Crippen LogP contribution is 2.32. The summed E-state index contributed by atoms with van der Waals surface area (Å²) in [6, 6.07) is 14.2. The molecule has 6 heteroatoms. The van der Waals surface area contributed by atoms with E-state index in [4.69, 9.17) is 27.9 Å². The number of hydrogen-bond donors (Lipinski definition) is 1. The number of hydrogen-bond acceptors (Lipinski definition) is 3. The Morgan fingerprint density at radius 1 is 1.11 bits per heavy atom. The van der Waals surface area contributed by atoms with Gasteiger partial charge in [0.05, 0.1) is 5.02 Å². The number of nitrogens with zero attached hydrogens (tertiary/aromatic N) is 1. The molecule has 0 spiro atoms. The Morgan fingerprint density at radius 3 is 2.74 bits per heavy atom. The van der Waals surface area contributed by atoms with Gasteiger partial charge in [-0.3, -0.25) is 4.79 Å². The molecule has 0 radical (unpaired) electrons. The van der Waals surface area contributed by atoms with Crippen molar-refractivity contribution in [3.63, 3.8) is 0 Å². The minimum Gasteiger partial charge on any atom is -0.437 e. The summed E-state index contributed by atoms with van der Waals surface area (Å²) < 4.78 is 5.75. The van der Waals surface area contributed by atoms with Crippen LogP contribution in [0.3, 0.4) is 0 Å². The summed E-state index contributed by atoms with van der Waals surface area (Å²) in [6.07, 6.45) is 1.55. The summed E-state index contributed by atoms with van der Waals surface area (Å²) >= 11 is 12.1. The quantitative estimate of drug-likeness (QED) is 0.594. The molecule has 0 aliphatic rings. The van der Waals surface area contributed by atoms with E-state index in [2.05, 4.69) is 10.3 Å². The van der Waals surface area contributed by atoms with Crippen molar-refractivity contribution in [3.05, 3.63) is 87.0 Å². The number of rotatable bonds is 5. The van der Waals surface area contributed by atoms with E-state index in [1.165, 1.54) is 5.56 Å². The highest BCUT2D eigenvalue weighted by molar-refractivity contribution is 6.34. The lowest BCUT2D eigenvalue weighted by Crippen LogP contribution is -2.24. The van der Waals surface area contributed by atoms with Crippen molar-refractivity contribution in [2.24, 2.45) is 0 Å². The second-order valence-corrected chi connectivity index (χ2v) is 6.92. The molecule has 1 aromatic heterocycles. The molecule has 4 nitrogen and oxygen atoms in total. The van der Waals surface area contributed by atoms with Crippen molar-refractivity contribution in [2.45, 2.75) is 20.4 Å². The number of carbonyl (C=O) groups is 1.